The summed E-state index contributed by atoms with van der Waals surface area (Å²) in [4.78, 5) is 2.31. The van der Waals surface area contributed by atoms with E-state index in [2.05, 4.69) is 11.9 Å². The Balaban J connectivity index is 1.79. The molecule has 2 unspecified atom stereocenters. The number of rotatable bonds is 4. The first-order chi connectivity index (χ1) is 7.75. The topological polar surface area (TPSA) is 42.4 Å². The van der Waals surface area contributed by atoms with Gasteiger partial charge in [-0.25, -0.2) is 0 Å². The Kier molecular flexibility index (Phi) is 4.02. The minimum absolute atomic E-state index is 0.396. The van der Waals surface area contributed by atoms with Crippen LogP contribution < -0.4 is 5.73 Å². The van der Waals surface area contributed by atoms with Crippen LogP contribution in [0, 0.1) is 5.92 Å². The lowest BCUT2D eigenvalue weighted by atomic mass is 9.85. The summed E-state index contributed by atoms with van der Waals surface area (Å²) in [7, 11) is 2.14. The van der Waals surface area contributed by atoms with Gasteiger partial charge in [0.25, 0.3) is 0 Å². The fraction of sp³-hybridized carbons (Fsp3) is 0.692. The first-order valence-corrected chi connectivity index (χ1v) is 6.22. The van der Waals surface area contributed by atoms with Gasteiger partial charge in [-0.05, 0) is 37.9 Å². The molecule has 2 N–H and O–H groups in total. The third kappa shape index (κ3) is 3.09. The third-order valence-electron chi connectivity index (χ3n) is 3.52. The minimum atomic E-state index is 0.396. The van der Waals surface area contributed by atoms with Gasteiger partial charge in [-0.15, -0.1) is 0 Å². The summed E-state index contributed by atoms with van der Waals surface area (Å²) in [6.45, 7) is 1.97. The van der Waals surface area contributed by atoms with E-state index in [4.69, 9.17) is 10.2 Å². The standard InChI is InChI=1S/C13H22N2O/c1-15(10-12-6-4-8-16-12)9-11-5-2-3-7-13(11)14/h4,6,8,11,13H,2-3,5,7,9-10,14H2,1H3. The maximum atomic E-state index is 6.15. The van der Waals surface area contributed by atoms with Crippen LogP contribution in [0.1, 0.15) is 31.4 Å². The molecule has 0 saturated heterocycles. The summed E-state index contributed by atoms with van der Waals surface area (Å²) < 4.78 is 5.35. The van der Waals surface area contributed by atoms with Crippen molar-refractivity contribution in [3.05, 3.63) is 24.2 Å². The Labute approximate surface area is 97.6 Å². The Bertz CT molecular complexity index is 297. The number of hydrogen-bond acceptors (Lipinski definition) is 3. The average Bonchev–Trinajstić information content (AvgIpc) is 2.74. The second-order valence-electron chi connectivity index (χ2n) is 4.98. The van der Waals surface area contributed by atoms with Crippen molar-refractivity contribution in [2.24, 2.45) is 11.7 Å². The molecular weight excluding hydrogens is 200 g/mol. The van der Waals surface area contributed by atoms with Crippen molar-refractivity contribution in [1.82, 2.24) is 4.90 Å². The smallest absolute Gasteiger partial charge is 0.117 e. The molecule has 1 aromatic rings. The van der Waals surface area contributed by atoms with Gasteiger partial charge in [-0.3, -0.25) is 4.90 Å². The Hall–Kier alpha value is -0.800. The van der Waals surface area contributed by atoms with Crippen LogP contribution in [0.15, 0.2) is 22.8 Å². The van der Waals surface area contributed by atoms with Gasteiger partial charge in [0.2, 0.25) is 0 Å². The fourth-order valence-electron chi connectivity index (χ4n) is 2.60. The minimum Gasteiger partial charge on any atom is -0.468 e. The van der Waals surface area contributed by atoms with Crippen molar-refractivity contribution in [3.8, 4) is 0 Å². The molecule has 1 heterocycles. The predicted molar refractivity (Wildman–Crippen MR) is 65.0 cm³/mol. The zero-order valence-corrected chi connectivity index (χ0v) is 10.1. The molecule has 0 amide bonds. The molecular formula is C13H22N2O. The SMILES string of the molecule is CN(Cc1ccco1)CC1CCCCC1N. The molecule has 2 rings (SSSR count). The molecule has 0 bridgehead atoms. The number of hydrogen-bond donors (Lipinski definition) is 1. The van der Waals surface area contributed by atoms with Gasteiger partial charge in [0, 0.05) is 12.6 Å². The van der Waals surface area contributed by atoms with Crippen LogP contribution in [-0.4, -0.2) is 24.5 Å². The van der Waals surface area contributed by atoms with E-state index in [0.717, 1.165) is 18.8 Å². The monoisotopic (exact) mass is 222 g/mol. The van der Waals surface area contributed by atoms with Crippen molar-refractivity contribution in [2.75, 3.05) is 13.6 Å². The summed E-state index contributed by atoms with van der Waals surface area (Å²) in [5, 5.41) is 0. The molecule has 0 radical (unpaired) electrons. The first-order valence-electron chi connectivity index (χ1n) is 6.22. The van der Waals surface area contributed by atoms with Crippen molar-refractivity contribution in [3.63, 3.8) is 0 Å². The van der Waals surface area contributed by atoms with Gasteiger partial charge >= 0.3 is 0 Å². The van der Waals surface area contributed by atoms with E-state index < -0.39 is 0 Å². The summed E-state index contributed by atoms with van der Waals surface area (Å²) in [5.74, 6) is 1.69. The summed E-state index contributed by atoms with van der Waals surface area (Å²) in [5.41, 5.74) is 6.15. The molecule has 3 nitrogen and oxygen atoms in total. The van der Waals surface area contributed by atoms with Gasteiger partial charge in [-0.1, -0.05) is 12.8 Å². The fourth-order valence-corrected chi connectivity index (χ4v) is 2.60. The molecule has 2 atom stereocenters. The van der Waals surface area contributed by atoms with Crippen LogP contribution in [0.5, 0.6) is 0 Å². The molecule has 1 aromatic heterocycles. The molecule has 90 valence electrons. The highest BCUT2D eigenvalue weighted by molar-refractivity contribution is 4.97. The Morgan fingerprint density at radius 3 is 2.94 bits per heavy atom. The zero-order chi connectivity index (χ0) is 11.4. The van der Waals surface area contributed by atoms with Crippen LogP contribution in [0.25, 0.3) is 0 Å². The molecule has 1 aliphatic rings. The molecule has 0 spiro atoms. The van der Waals surface area contributed by atoms with Crippen molar-refractivity contribution in [2.45, 2.75) is 38.3 Å². The maximum Gasteiger partial charge on any atom is 0.117 e. The van der Waals surface area contributed by atoms with Crippen molar-refractivity contribution >= 4 is 0 Å². The quantitative estimate of drug-likeness (QED) is 0.849. The molecule has 1 saturated carbocycles. The lowest BCUT2D eigenvalue weighted by molar-refractivity contribution is 0.197. The van der Waals surface area contributed by atoms with Crippen LogP contribution in [0.2, 0.25) is 0 Å². The van der Waals surface area contributed by atoms with E-state index in [1.54, 1.807) is 6.26 Å². The average molecular weight is 222 g/mol. The second-order valence-corrected chi connectivity index (χ2v) is 4.98. The third-order valence-corrected chi connectivity index (χ3v) is 3.52. The van der Waals surface area contributed by atoms with E-state index in [-0.39, 0.29) is 0 Å². The normalized spacial score (nSPS) is 26.2. The second kappa shape index (κ2) is 5.51. The molecule has 0 aromatic carbocycles. The van der Waals surface area contributed by atoms with E-state index in [1.807, 2.05) is 12.1 Å². The highest BCUT2D eigenvalue weighted by atomic mass is 16.3. The molecule has 3 heteroatoms. The highest BCUT2D eigenvalue weighted by Gasteiger charge is 2.22. The van der Waals surface area contributed by atoms with Crippen LogP contribution in [0.3, 0.4) is 0 Å². The number of furan rings is 1. The van der Waals surface area contributed by atoms with E-state index in [1.165, 1.54) is 25.7 Å². The molecule has 1 aliphatic carbocycles. The maximum absolute atomic E-state index is 6.15. The van der Waals surface area contributed by atoms with Crippen LogP contribution in [-0.2, 0) is 6.54 Å². The number of nitrogens with zero attached hydrogens (tertiary/aromatic N) is 1. The zero-order valence-electron chi connectivity index (χ0n) is 10.1. The summed E-state index contributed by atoms with van der Waals surface area (Å²) in [6, 6.07) is 4.36. The van der Waals surface area contributed by atoms with Gasteiger partial charge in [0.1, 0.15) is 5.76 Å². The van der Waals surface area contributed by atoms with Crippen LogP contribution in [0.4, 0.5) is 0 Å². The highest BCUT2D eigenvalue weighted by Crippen LogP contribution is 2.23. The number of nitrogens with two attached hydrogens (primary N) is 1. The Morgan fingerprint density at radius 2 is 2.25 bits per heavy atom. The van der Waals surface area contributed by atoms with E-state index in [9.17, 15) is 0 Å². The van der Waals surface area contributed by atoms with Crippen molar-refractivity contribution in [1.29, 1.82) is 0 Å². The Morgan fingerprint density at radius 1 is 1.44 bits per heavy atom. The van der Waals surface area contributed by atoms with Crippen LogP contribution >= 0.6 is 0 Å². The summed E-state index contributed by atoms with van der Waals surface area (Å²) in [6.07, 6.45) is 6.85. The van der Waals surface area contributed by atoms with Gasteiger partial charge in [0.15, 0.2) is 0 Å². The first kappa shape index (κ1) is 11.7. The van der Waals surface area contributed by atoms with Gasteiger partial charge in [0.05, 0.1) is 12.8 Å². The largest absolute Gasteiger partial charge is 0.468 e. The molecule has 1 fully saturated rings. The van der Waals surface area contributed by atoms with E-state index >= 15 is 0 Å². The molecule has 0 aliphatic heterocycles. The van der Waals surface area contributed by atoms with E-state index in [0.29, 0.717) is 12.0 Å². The van der Waals surface area contributed by atoms with Gasteiger partial charge in [-0.2, -0.15) is 0 Å². The van der Waals surface area contributed by atoms with Crippen molar-refractivity contribution < 1.29 is 4.42 Å². The lowest BCUT2D eigenvalue weighted by Crippen LogP contribution is -2.39. The van der Waals surface area contributed by atoms with Gasteiger partial charge < -0.3 is 10.2 Å². The lowest BCUT2D eigenvalue weighted by Gasteiger charge is -2.31. The molecule has 16 heavy (non-hydrogen) atoms. The summed E-state index contributed by atoms with van der Waals surface area (Å²) >= 11 is 0. The predicted octanol–water partition coefficient (Wildman–Crippen LogP) is 2.23.